The molecule has 0 amide bonds. The molecule has 0 bridgehead atoms. The Balaban J connectivity index is 2.39. The Morgan fingerprint density at radius 3 is 2.52 bits per heavy atom. The Morgan fingerprint density at radius 1 is 1.12 bits per heavy atom. The fourth-order valence-corrected chi connectivity index (χ4v) is 3.28. The number of rotatable bonds is 4. The highest BCUT2D eigenvalue weighted by atomic mass is 35.5. The van der Waals surface area contributed by atoms with Gasteiger partial charge in [-0.1, -0.05) is 48.0 Å². The van der Waals surface area contributed by atoms with E-state index < -0.39 is 5.97 Å². The van der Waals surface area contributed by atoms with Crippen molar-refractivity contribution in [1.82, 2.24) is 4.57 Å². The van der Waals surface area contributed by atoms with Crippen molar-refractivity contribution < 1.29 is 9.53 Å². The van der Waals surface area contributed by atoms with E-state index in [0.717, 1.165) is 16.5 Å². The molecule has 0 radical (unpaired) electrons. The zero-order valence-electron chi connectivity index (χ0n) is 14.1. The van der Waals surface area contributed by atoms with Crippen LogP contribution in [-0.2, 0) is 23.0 Å². The van der Waals surface area contributed by atoms with Crippen LogP contribution in [-0.4, -0.2) is 17.1 Å². The monoisotopic (exact) mass is 355 g/mol. The summed E-state index contributed by atoms with van der Waals surface area (Å²) < 4.78 is 6.61. The second-order valence-corrected chi connectivity index (χ2v) is 6.10. The lowest BCUT2D eigenvalue weighted by Crippen LogP contribution is -2.25. The van der Waals surface area contributed by atoms with Crippen LogP contribution in [0.1, 0.15) is 12.5 Å². The quantitative estimate of drug-likeness (QED) is 0.665. The highest BCUT2D eigenvalue weighted by Crippen LogP contribution is 2.35. The second kappa shape index (κ2) is 7.11. The largest absolute Gasteiger partial charge is 0.466 e. The number of esters is 1. The summed E-state index contributed by atoms with van der Waals surface area (Å²) in [6, 6.07) is 14.9. The van der Waals surface area contributed by atoms with Gasteiger partial charge in [0.2, 0.25) is 0 Å². The molecule has 0 aliphatic heterocycles. The number of hydrogen-bond acceptors (Lipinski definition) is 3. The molecule has 0 saturated heterocycles. The van der Waals surface area contributed by atoms with Crippen molar-refractivity contribution in [2.24, 2.45) is 7.05 Å². The van der Waals surface area contributed by atoms with Crippen molar-refractivity contribution >= 4 is 28.5 Å². The SMILES string of the molecule is CCOC(=O)Cc1c(-c2ccccc2Cl)c2ccccc2n(C)c1=O. The van der Waals surface area contributed by atoms with Crippen LogP contribution >= 0.6 is 11.6 Å². The number of halogens is 1. The van der Waals surface area contributed by atoms with Crippen LogP contribution in [0.5, 0.6) is 0 Å². The lowest BCUT2D eigenvalue weighted by molar-refractivity contribution is -0.142. The van der Waals surface area contributed by atoms with Crippen molar-refractivity contribution in [3.05, 3.63) is 69.5 Å². The number of hydrogen-bond donors (Lipinski definition) is 0. The predicted octanol–water partition coefficient (Wildman–Crippen LogP) is 3.96. The fraction of sp³-hybridized carbons (Fsp3) is 0.200. The van der Waals surface area contributed by atoms with Crippen LogP contribution in [0.15, 0.2) is 53.3 Å². The Hall–Kier alpha value is -2.59. The Morgan fingerprint density at radius 2 is 1.80 bits per heavy atom. The second-order valence-electron chi connectivity index (χ2n) is 5.70. The topological polar surface area (TPSA) is 48.3 Å². The van der Waals surface area contributed by atoms with Crippen molar-refractivity contribution in [2.75, 3.05) is 6.61 Å². The molecule has 0 fully saturated rings. The van der Waals surface area contributed by atoms with Gasteiger partial charge in [-0.3, -0.25) is 9.59 Å². The third kappa shape index (κ3) is 3.17. The molecule has 0 unspecified atom stereocenters. The Kier molecular flexibility index (Phi) is 4.91. The molecule has 0 spiro atoms. The number of carbonyl (C=O) groups is 1. The first kappa shape index (κ1) is 17.2. The van der Waals surface area contributed by atoms with Gasteiger partial charge in [0.1, 0.15) is 0 Å². The molecule has 25 heavy (non-hydrogen) atoms. The van der Waals surface area contributed by atoms with Gasteiger partial charge >= 0.3 is 5.97 Å². The van der Waals surface area contributed by atoms with E-state index >= 15 is 0 Å². The van der Waals surface area contributed by atoms with Crippen LogP contribution < -0.4 is 5.56 Å². The first-order valence-corrected chi connectivity index (χ1v) is 8.43. The molecule has 5 heteroatoms. The maximum atomic E-state index is 12.9. The minimum atomic E-state index is -0.428. The number of aromatic nitrogens is 1. The van der Waals surface area contributed by atoms with Gasteiger partial charge in [0.25, 0.3) is 5.56 Å². The van der Waals surface area contributed by atoms with Crippen molar-refractivity contribution in [3.63, 3.8) is 0 Å². The molecule has 1 heterocycles. The normalized spacial score (nSPS) is 10.8. The van der Waals surface area contributed by atoms with Crippen molar-refractivity contribution in [2.45, 2.75) is 13.3 Å². The average Bonchev–Trinajstić information content (AvgIpc) is 2.61. The van der Waals surface area contributed by atoms with Gasteiger partial charge in [-0.25, -0.2) is 0 Å². The average molecular weight is 356 g/mol. The summed E-state index contributed by atoms with van der Waals surface area (Å²) >= 11 is 6.40. The van der Waals surface area contributed by atoms with Crippen LogP contribution in [0.25, 0.3) is 22.0 Å². The third-order valence-electron chi connectivity index (χ3n) is 4.17. The molecule has 0 aliphatic rings. The number of pyridine rings is 1. The summed E-state index contributed by atoms with van der Waals surface area (Å²) in [5, 5.41) is 1.41. The molecular weight excluding hydrogens is 338 g/mol. The highest BCUT2D eigenvalue weighted by Gasteiger charge is 2.20. The van der Waals surface area contributed by atoms with Crippen molar-refractivity contribution in [1.29, 1.82) is 0 Å². The predicted molar refractivity (Wildman–Crippen MR) is 100.0 cm³/mol. The zero-order chi connectivity index (χ0) is 18.0. The number of nitrogens with zero attached hydrogens (tertiary/aromatic N) is 1. The number of aryl methyl sites for hydroxylation is 1. The summed E-state index contributed by atoms with van der Waals surface area (Å²) in [5.74, 6) is -0.428. The molecule has 128 valence electrons. The van der Waals surface area contributed by atoms with Crippen LogP contribution in [0.2, 0.25) is 5.02 Å². The molecule has 3 rings (SSSR count). The van der Waals surface area contributed by atoms with Crippen LogP contribution in [0, 0.1) is 0 Å². The summed E-state index contributed by atoms with van der Waals surface area (Å²) in [4.78, 5) is 25.0. The van der Waals surface area contributed by atoms with E-state index in [1.165, 1.54) is 0 Å². The van der Waals surface area contributed by atoms with Crippen LogP contribution in [0.3, 0.4) is 0 Å². The number of benzene rings is 2. The van der Waals surface area contributed by atoms with Crippen molar-refractivity contribution in [3.8, 4) is 11.1 Å². The molecular formula is C20H18ClNO3. The first-order chi connectivity index (χ1) is 12.0. The third-order valence-corrected chi connectivity index (χ3v) is 4.50. The van der Waals surface area contributed by atoms with E-state index in [4.69, 9.17) is 16.3 Å². The molecule has 0 N–H and O–H groups in total. The van der Waals surface area contributed by atoms with E-state index in [1.54, 1.807) is 24.6 Å². The Bertz CT molecular complexity index is 1010. The molecule has 0 saturated carbocycles. The van der Waals surface area contributed by atoms with E-state index in [-0.39, 0.29) is 18.6 Å². The van der Waals surface area contributed by atoms with E-state index in [1.807, 2.05) is 42.5 Å². The van der Waals surface area contributed by atoms with E-state index in [9.17, 15) is 9.59 Å². The fourth-order valence-electron chi connectivity index (χ4n) is 3.05. The number of fused-ring (bicyclic) bond motifs is 1. The number of para-hydroxylation sites is 1. The molecule has 0 atom stereocenters. The molecule has 3 aromatic rings. The lowest BCUT2D eigenvalue weighted by atomic mass is 9.94. The summed E-state index contributed by atoms with van der Waals surface area (Å²) in [5.41, 5.74) is 2.39. The molecule has 1 aromatic heterocycles. The smallest absolute Gasteiger partial charge is 0.310 e. The van der Waals surface area contributed by atoms with Gasteiger partial charge in [-0.05, 0) is 19.1 Å². The first-order valence-electron chi connectivity index (χ1n) is 8.05. The van der Waals surface area contributed by atoms with Gasteiger partial charge in [0, 0.05) is 34.1 Å². The number of carbonyl (C=O) groups excluding carboxylic acids is 1. The standard InChI is InChI=1S/C20H18ClNO3/c1-3-25-18(23)12-15-19(13-8-4-6-10-16(13)21)14-9-5-7-11-17(14)22(2)20(15)24/h4-11H,3,12H2,1-2H3. The van der Waals surface area contributed by atoms with E-state index in [0.29, 0.717) is 16.1 Å². The lowest BCUT2D eigenvalue weighted by Gasteiger charge is -2.16. The summed E-state index contributed by atoms with van der Waals surface area (Å²) in [6.07, 6.45) is -0.0914. The summed E-state index contributed by atoms with van der Waals surface area (Å²) in [7, 11) is 1.70. The minimum absolute atomic E-state index is 0.0914. The van der Waals surface area contributed by atoms with Gasteiger partial charge in [0.15, 0.2) is 0 Å². The van der Waals surface area contributed by atoms with Crippen LogP contribution in [0.4, 0.5) is 0 Å². The maximum Gasteiger partial charge on any atom is 0.310 e. The maximum absolute atomic E-state index is 12.9. The number of ether oxygens (including phenoxy) is 1. The molecule has 2 aromatic carbocycles. The zero-order valence-corrected chi connectivity index (χ0v) is 14.8. The minimum Gasteiger partial charge on any atom is -0.466 e. The molecule has 0 aliphatic carbocycles. The van der Waals surface area contributed by atoms with Gasteiger partial charge in [-0.15, -0.1) is 0 Å². The van der Waals surface area contributed by atoms with Gasteiger partial charge in [-0.2, -0.15) is 0 Å². The summed E-state index contributed by atoms with van der Waals surface area (Å²) in [6.45, 7) is 2.01. The highest BCUT2D eigenvalue weighted by molar-refractivity contribution is 6.33. The van der Waals surface area contributed by atoms with E-state index in [2.05, 4.69) is 0 Å². The van der Waals surface area contributed by atoms with Gasteiger partial charge in [0.05, 0.1) is 18.5 Å². The van der Waals surface area contributed by atoms with Gasteiger partial charge < -0.3 is 9.30 Å². The molecule has 4 nitrogen and oxygen atoms in total. The Labute approximate surface area is 150 Å².